The fourth-order valence-corrected chi connectivity index (χ4v) is 3.13. The zero-order chi connectivity index (χ0) is 20.3. The minimum atomic E-state index is -0.615. The quantitative estimate of drug-likeness (QED) is 0.576. The van der Waals surface area contributed by atoms with Crippen LogP contribution < -0.4 is 10.1 Å². The van der Waals surface area contributed by atoms with Crippen LogP contribution in [-0.2, 0) is 20.8 Å². The molecule has 29 heavy (non-hydrogen) atoms. The van der Waals surface area contributed by atoms with Crippen LogP contribution in [0.2, 0.25) is 0 Å². The predicted molar refractivity (Wildman–Crippen MR) is 110 cm³/mol. The van der Waals surface area contributed by atoms with Crippen LogP contribution in [-0.4, -0.2) is 30.2 Å². The first kappa shape index (κ1) is 21.3. The van der Waals surface area contributed by atoms with Crippen LogP contribution in [0.25, 0.3) is 0 Å². The molecule has 2 aromatic rings. The molecule has 0 radical (unpaired) electrons. The molecule has 0 bridgehead atoms. The van der Waals surface area contributed by atoms with Crippen molar-refractivity contribution >= 4 is 5.91 Å². The van der Waals surface area contributed by atoms with Gasteiger partial charge in [0.15, 0.2) is 12.4 Å². The van der Waals surface area contributed by atoms with Crippen molar-refractivity contribution in [2.24, 2.45) is 0 Å². The van der Waals surface area contributed by atoms with Crippen molar-refractivity contribution in [1.82, 2.24) is 10.3 Å². The van der Waals surface area contributed by atoms with Gasteiger partial charge in [0.1, 0.15) is 5.75 Å². The highest BCUT2D eigenvalue weighted by atomic mass is 16.7. The summed E-state index contributed by atoms with van der Waals surface area (Å²) in [4.78, 5) is 16.4. The summed E-state index contributed by atoms with van der Waals surface area (Å²) in [6, 6.07) is 11.5. The molecule has 2 heterocycles. The molecular weight excluding hydrogens is 368 g/mol. The van der Waals surface area contributed by atoms with Gasteiger partial charge >= 0.3 is 0 Å². The number of rotatable bonds is 11. The van der Waals surface area contributed by atoms with Gasteiger partial charge in [-0.25, -0.2) is 0 Å². The van der Waals surface area contributed by atoms with Crippen LogP contribution >= 0.6 is 0 Å². The number of aromatic nitrogens is 1. The number of nitrogens with zero attached hydrogens (tertiary/aromatic N) is 1. The molecular formula is C23H30N2O4. The molecule has 6 heteroatoms. The summed E-state index contributed by atoms with van der Waals surface area (Å²) >= 11 is 0. The van der Waals surface area contributed by atoms with E-state index in [0.717, 1.165) is 29.9 Å². The van der Waals surface area contributed by atoms with Gasteiger partial charge in [0.05, 0.1) is 13.2 Å². The Morgan fingerprint density at radius 3 is 2.76 bits per heavy atom. The first-order chi connectivity index (χ1) is 14.3. The van der Waals surface area contributed by atoms with E-state index in [1.165, 1.54) is 25.7 Å². The Morgan fingerprint density at radius 1 is 1.17 bits per heavy atom. The van der Waals surface area contributed by atoms with E-state index < -0.39 is 12.4 Å². The van der Waals surface area contributed by atoms with Crippen LogP contribution in [0.1, 0.15) is 56.4 Å². The van der Waals surface area contributed by atoms with Crippen molar-refractivity contribution in [3.05, 3.63) is 59.9 Å². The summed E-state index contributed by atoms with van der Waals surface area (Å²) < 4.78 is 17.0. The molecule has 2 unspecified atom stereocenters. The maximum absolute atomic E-state index is 12.4. The standard InChI is InChI=1S/C23H30N2O4/c1-2-3-4-5-6-14-27-20-11-9-18(10-12-20)15-25-22(26)21-17-28-23(29-21)19-8-7-13-24-16-19/h7-13,16,21,23H,2-6,14-15,17H2,1H3,(H,25,26). The van der Waals surface area contributed by atoms with Gasteiger partial charge in [-0.2, -0.15) is 0 Å². The van der Waals surface area contributed by atoms with Gasteiger partial charge in [-0.05, 0) is 30.2 Å². The number of benzene rings is 1. The monoisotopic (exact) mass is 398 g/mol. The Hall–Kier alpha value is -2.44. The first-order valence-electron chi connectivity index (χ1n) is 10.4. The summed E-state index contributed by atoms with van der Waals surface area (Å²) in [5.41, 5.74) is 1.82. The zero-order valence-electron chi connectivity index (χ0n) is 17.0. The Labute approximate surface area is 172 Å². The summed E-state index contributed by atoms with van der Waals surface area (Å²) in [5.74, 6) is 0.686. The SMILES string of the molecule is CCCCCCCOc1ccc(CNC(=O)C2COC(c3cccnc3)O2)cc1. The maximum Gasteiger partial charge on any atom is 0.251 e. The molecule has 2 atom stereocenters. The first-order valence-corrected chi connectivity index (χ1v) is 10.4. The van der Waals surface area contributed by atoms with E-state index in [-0.39, 0.29) is 12.5 Å². The minimum absolute atomic E-state index is 0.177. The van der Waals surface area contributed by atoms with Crippen LogP contribution in [0.5, 0.6) is 5.75 Å². The second kappa shape index (κ2) is 11.5. The molecule has 3 rings (SSSR count). The molecule has 1 aliphatic rings. The van der Waals surface area contributed by atoms with Crippen molar-refractivity contribution in [1.29, 1.82) is 0 Å². The Morgan fingerprint density at radius 2 is 2.00 bits per heavy atom. The molecule has 0 aliphatic carbocycles. The molecule has 0 saturated carbocycles. The number of hydrogen-bond acceptors (Lipinski definition) is 5. The average molecular weight is 399 g/mol. The Bertz CT molecular complexity index is 736. The van der Waals surface area contributed by atoms with Crippen molar-refractivity contribution in [2.75, 3.05) is 13.2 Å². The van der Waals surface area contributed by atoms with Gasteiger partial charge < -0.3 is 19.5 Å². The van der Waals surface area contributed by atoms with Gasteiger partial charge in [0, 0.05) is 24.5 Å². The topological polar surface area (TPSA) is 69.7 Å². The summed E-state index contributed by atoms with van der Waals surface area (Å²) in [6.45, 7) is 3.63. The number of nitrogens with one attached hydrogen (secondary N) is 1. The van der Waals surface area contributed by atoms with E-state index in [0.29, 0.717) is 6.54 Å². The highest BCUT2D eigenvalue weighted by Crippen LogP contribution is 2.26. The molecule has 156 valence electrons. The highest BCUT2D eigenvalue weighted by molar-refractivity contribution is 5.81. The van der Waals surface area contributed by atoms with Crippen molar-refractivity contribution in [2.45, 2.75) is 58.0 Å². The lowest BCUT2D eigenvalue weighted by atomic mass is 10.2. The molecule has 0 spiro atoms. The van der Waals surface area contributed by atoms with Crippen LogP contribution in [0, 0.1) is 0 Å². The van der Waals surface area contributed by atoms with E-state index in [2.05, 4.69) is 17.2 Å². The fraction of sp³-hybridized carbons (Fsp3) is 0.478. The third kappa shape index (κ3) is 6.84. The third-order valence-corrected chi connectivity index (χ3v) is 4.84. The predicted octanol–water partition coefficient (Wildman–Crippen LogP) is 4.16. The third-order valence-electron chi connectivity index (χ3n) is 4.84. The van der Waals surface area contributed by atoms with Gasteiger partial charge in [0.2, 0.25) is 0 Å². The zero-order valence-corrected chi connectivity index (χ0v) is 17.0. The lowest BCUT2D eigenvalue weighted by molar-refractivity contribution is -0.134. The summed E-state index contributed by atoms with van der Waals surface area (Å²) in [6.07, 6.45) is 8.33. The van der Waals surface area contributed by atoms with Crippen molar-refractivity contribution < 1.29 is 19.0 Å². The number of hydrogen-bond donors (Lipinski definition) is 1. The van der Waals surface area contributed by atoms with Gasteiger partial charge in [0.25, 0.3) is 5.91 Å². The molecule has 1 amide bonds. The maximum atomic E-state index is 12.4. The lowest BCUT2D eigenvalue weighted by Crippen LogP contribution is -2.35. The second-order valence-corrected chi connectivity index (χ2v) is 7.20. The molecule has 6 nitrogen and oxygen atoms in total. The fourth-order valence-electron chi connectivity index (χ4n) is 3.13. The van der Waals surface area contributed by atoms with E-state index in [1.807, 2.05) is 36.4 Å². The Balaban J connectivity index is 1.36. The van der Waals surface area contributed by atoms with E-state index in [9.17, 15) is 4.79 Å². The van der Waals surface area contributed by atoms with Crippen LogP contribution in [0.3, 0.4) is 0 Å². The molecule has 1 aromatic carbocycles. The van der Waals surface area contributed by atoms with Gasteiger partial charge in [-0.1, -0.05) is 50.8 Å². The number of carbonyl (C=O) groups excluding carboxylic acids is 1. The highest BCUT2D eigenvalue weighted by Gasteiger charge is 2.32. The normalized spacial score (nSPS) is 18.5. The van der Waals surface area contributed by atoms with Gasteiger partial charge in [-0.15, -0.1) is 0 Å². The number of pyridine rings is 1. The van der Waals surface area contributed by atoms with Crippen LogP contribution in [0.15, 0.2) is 48.8 Å². The number of unbranched alkanes of at least 4 members (excludes halogenated alkanes) is 4. The minimum Gasteiger partial charge on any atom is -0.494 e. The van der Waals surface area contributed by atoms with Crippen molar-refractivity contribution in [3.63, 3.8) is 0 Å². The molecule has 1 N–H and O–H groups in total. The number of ether oxygens (including phenoxy) is 3. The van der Waals surface area contributed by atoms with E-state index in [1.54, 1.807) is 12.4 Å². The number of amides is 1. The second-order valence-electron chi connectivity index (χ2n) is 7.20. The molecule has 1 saturated heterocycles. The summed E-state index contributed by atoms with van der Waals surface area (Å²) in [7, 11) is 0. The largest absolute Gasteiger partial charge is 0.494 e. The molecule has 1 aliphatic heterocycles. The van der Waals surface area contributed by atoms with Gasteiger partial charge in [-0.3, -0.25) is 9.78 Å². The summed E-state index contributed by atoms with van der Waals surface area (Å²) in [5, 5.41) is 2.90. The smallest absolute Gasteiger partial charge is 0.251 e. The molecule has 1 fully saturated rings. The molecule has 1 aromatic heterocycles. The lowest BCUT2D eigenvalue weighted by Gasteiger charge is -2.12. The van der Waals surface area contributed by atoms with Crippen LogP contribution in [0.4, 0.5) is 0 Å². The number of carbonyl (C=O) groups is 1. The van der Waals surface area contributed by atoms with E-state index >= 15 is 0 Å². The average Bonchev–Trinajstić information content (AvgIpc) is 3.26. The van der Waals surface area contributed by atoms with Crippen molar-refractivity contribution in [3.8, 4) is 5.75 Å². The van der Waals surface area contributed by atoms with E-state index in [4.69, 9.17) is 14.2 Å². The Kier molecular flexibility index (Phi) is 8.46.